The van der Waals surface area contributed by atoms with Crippen LogP contribution in [0.2, 0.25) is 0 Å². The predicted molar refractivity (Wildman–Crippen MR) is 264 cm³/mol. The van der Waals surface area contributed by atoms with Gasteiger partial charge >= 0.3 is 0 Å². The summed E-state index contributed by atoms with van der Waals surface area (Å²) in [6.07, 6.45) is 0. The summed E-state index contributed by atoms with van der Waals surface area (Å²) in [5.74, 6) is 0. The van der Waals surface area contributed by atoms with Crippen molar-refractivity contribution in [1.29, 1.82) is 0 Å². The van der Waals surface area contributed by atoms with Gasteiger partial charge in [-0.15, -0.1) is 0 Å². The van der Waals surface area contributed by atoms with Gasteiger partial charge in [0.15, 0.2) is 0 Å². The maximum Gasteiger partial charge on any atom is 0.0541 e. The van der Waals surface area contributed by atoms with Gasteiger partial charge in [0.1, 0.15) is 0 Å². The van der Waals surface area contributed by atoms with E-state index in [0.717, 1.165) is 22.7 Å². The van der Waals surface area contributed by atoms with Crippen LogP contribution in [0.1, 0.15) is 0 Å². The molecule has 11 aromatic carbocycles. The van der Waals surface area contributed by atoms with E-state index in [2.05, 4.69) is 252 Å². The van der Waals surface area contributed by atoms with E-state index in [0.29, 0.717) is 0 Å². The summed E-state index contributed by atoms with van der Waals surface area (Å²) in [6, 6.07) is 88.5. The molecule has 0 N–H and O–H groups in total. The van der Waals surface area contributed by atoms with Gasteiger partial charge in [0.25, 0.3) is 0 Å². The number of anilines is 3. The zero-order chi connectivity index (χ0) is 41.0. The Balaban J connectivity index is 0.954. The smallest absolute Gasteiger partial charge is 0.0541 e. The highest BCUT2D eigenvalue weighted by atomic mass is 15.1. The summed E-state index contributed by atoms with van der Waals surface area (Å²) in [5.41, 5.74) is 14.0. The molecule has 62 heavy (non-hydrogen) atoms. The molecule has 0 aliphatic rings. The Labute approximate surface area is 360 Å². The summed E-state index contributed by atoms with van der Waals surface area (Å²) in [5, 5.41) is 10.1. The van der Waals surface area contributed by atoms with Crippen LogP contribution in [0.25, 0.3) is 93.2 Å². The van der Waals surface area contributed by atoms with Crippen LogP contribution in [0.3, 0.4) is 0 Å². The molecule has 1 aromatic heterocycles. The van der Waals surface area contributed by atoms with Crippen molar-refractivity contribution in [3.8, 4) is 39.1 Å². The molecule has 2 nitrogen and oxygen atoms in total. The fourth-order valence-electron chi connectivity index (χ4n) is 9.55. The second-order valence-corrected chi connectivity index (χ2v) is 16.2. The molecule has 0 saturated carbocycles. The quantitative estimate of drug-likeness (QED) is 0.146. The third-order valence-corrected chi connectivity index (χ3v) is 12.5. The van der Waals surface area contributed by atoms with Crippen molar-refractivity contribution in [3.05, 3.63) is 243 Å². The lowest BCUT2D eigenvalue weighted by Gasteiger charge is -2.26. The zero-order valence-electron chi connectivity index (χ0n) is 34.0. The third-order valence-electron chi connectivity index (χ3n) is 12.5. The Morgan fingerprint density at radius 1 is 0.258 bits per heavy atom. The van der Waals surface area contributed by atoms with Gasteiger partial charge < -0.3 is 9.47 Å². The topological polar surface area (TPSA) is 8.17 Å². The van der Waals surface area contributed by atoms with Crippen LogP contribution < -0.4 is 4.90 Å². The Morgan fingerprint density at radius 3 is 1.48 bits per heavy atom. The molecule has 2 heteroatoms. The first-order chi connectivity index (χ1) is 30.7. The van der Waals surface area contributed by atoms with Crippen molar-refractivity contribution in [2.45, 2.75) is 0 Å². The average molecular weight is 789 g/mol. The van der Waals surface area contributed by atoms with Crippen LogP contribution in [0, 0.1) is 0 Å². The van der Waals surface area contributed by atoms with Crippen molar-refractivity contribution in [2.24, 2.45) is 0 Å². The Kier molecular flexibility index (Phi) is 8.53. The lowest BCUT2D eigenvalue weighted by molar-refractivity contribution is 1.18. The number of hydrogen-bond donors (Lipinski definition) is 0. The molecule has 0 amide bonds. The maximum absolute atomic E-state index is 2.39. The number of aromatic nitrogens is 1. The Bertz CT molecular complexity index is 3580. The summed E-state index contributed by atoms with van der Waals surface area (Å²) in [7, 11) is 0. The van der Waals surface area contributed by atoms with E-state index < -0.39 is 0 Å². The fraction of sp³-hybridized carbons (Fsp3) is 0. The summed E-state index contributed by atoms with van der Waals surface area (Å²) < 4.78 is 2.39. The molecule has 12 rings (SSSR count). The maximum atomic E-state index is 2.39. The van der Waals surface area contributed by atoms with E-state index in [4.69, 9.17) is 0 Å². The van der Waals surface area contributed by atoms with Gasteiger partial charge in [-0.3, -0.25) is 0 Å². The first-order valence-corrected chi connectivity index (χ1v) is 21.3. The molecule has 0 spiro atoms. The highest BCUT2D eigenvalue weighted by molar-refractivity contribution is 6.14. The van der Waals surface area contributed by atoms with Gasteiger partial charge in [0.2, 0.25) is 0 Å². The summed E-state index contributed by atoms with van der Waals surface area (Å²) in [6.45, 7) is 0. The van der Waals surface area contributed by atoms with Gasteiger partial charge in [0, 0.05) is 33.5 Å². The van der Waals surface area contributed by atoms with Gasteiger partial charge in [-0.05, 0) is 138 Å². The van der Waals surface area contributed by atoms with E-state index in [1.165, 1.54) is 87.5 Å². The normalized spacial score (nSPS) is 11.5. The molecule has 0 fully saturated rings. The highest BCUT2D eigenvalue weighted by Crippen LogP contribution is 2.41. The monoisotopic (exact) mass is 788 g/mol. The van der Waals surface area contributed by atoms with Crippen molar-refractivity contribution in [3.63, 3.8) is 0 Å². The molecule has 0 aliphatic heterocycles. The fourth-order valence-corrected chi connectivity index (χ4v) is 9.55. The average Bonchev–Trinajstić information content (AvgIpc) is 3.69. The van der Waals surface area contributed by atoms with Crippen molar-refractivity contribution in [2.75, 3.05) is 4.90 Å². The van der Waals surface area contributed by atoms with Crippen LogP contribution in [0.4, 0.5) is 17.1 Å². The first kappa shape index (κ1) is 35.7. The van der Waals surface area contributed by atoms with E-state index in [-0.39, 0.29) is 0 Å². The van der Waals surface area contributed by atoms with Crippen molar-refractivity contribution < 1.29 is 0 Å². The molecule has 0 radical (unpaired) electrons. The zero-order valence-corrected chi connectivity index (χ0v) is 34.0. The minimum atomic E-state index is 1.09. The minimum Gasteiger partial charge on any atom is -0.310 e. The number of hydrogen-bond acceptors (Lipinski definition) is 1. The molecule has 0 unspecified atom stereocenters. The molecule has 1 heterocycles. The van der Waals surface area contributed by atoms with Crippen molar-refractivity contribution >= 4 is 71.2 Å². The number of benzene rings is 11. The van der Waals surface area contributed by atoms with Gasteiger partial charge in [-0.2, -0.15) is 0 Å². The Morgan fingerprint density at radius 2 is 0.774 bits per heavy atom. The van der Waals surface area contributed by atoms with Crippen molar-refractivity contribution in [1.82, 2.24) is 4.57 Å². The predicted octanol–water partition coefficient (Wildman–Crippen LogP) is 16.7. The summed E-state index contributed by atoms with van der Waals surface area (Å²) >= 11 is 0. The molecule has 0 aliphatic carbocycles. The van der Waals surface area contributed by atoms with Crippen LogP contribution in [-0.2, 0) is 0 Å². The van der Waals surface area contributed by atoms with Crippen LogP contribution in [-0.4, -0.2) is 4.57 Å². The second-order valence-electron chi connectivity index (χ2n) is 16.2. The van der Waals surface area contributed by atoms with Crippen LogP contribution in [0.15, 0.2) is 243 Å². The lowest BCUT2D eigenvalue weighted by atomic mass is 9.93. The second kappa shape index (κ2) is 14.8. The molecular weight excluding hydrogens is 749 g/mol. The molecule has 0 bridgehead atoms. The molecule has 0 saturated heterocycles. The first-order valence-electron chi connectivity index (χ1n) is 21.3. The standard InChI is InChI=1S/C60H40N2/c1-2-14-44-37-47(28-27-41(44)13-1)46-17-12-18-51(39-46)61(50-35-31-43(32-36-50)58-40-48-15-3-4-20-53(48)54-21-5-6-22-55(54)58)49-33-29-42(30-34-49)45-16-11-19-52(38-45)62-59-25-9-7-23-56(59)57-24-8-10-26-60(57)62/h1-40H. The van der Waals surface area contributed by atoms with E-state index in [9.17, 15) is 0 Å². The largest absolute Gasteiger partial charge is 0.310 e. The lowest BCUT2D eigenvalue weighted by Crippen LogP contribution is -2.10. The van der Waals surface area contributed by atoms with Crippen LogP contribution in [0.5, 0.6) is 0 Å². The number of rotatable bonds is 7. The van der Waals surface area contributed by atoms with Gasteiger partial charge in [-0.1, -0.05) is 170 Å². The van der Waals surface area contributed by atoms with Gasteiger partial charge in [-0.25, -0.2) is 0 Å². The summed E-state index contributed by atoms with van der Waals surface area (Å²) in [4.78, 5) is 2.38. The molecular formula is C60H40N2. The Hall–Kier alpha value is -8.20. The van der Waals surface area contributed by atoms with E-state index >= 15 is 0 Å². The van der Waals surface area contributed by atoms with E-state index in [1.807, 2.05) is 0 Å². The minimum absolute atomic E-state index is 1.09. The third kappa shape index (κ3) is 6.12. The van der Waals surface area contributed by atoms with E-state index in [1.54, 1.807) is 0 Å². The van der Waals surface area contributed by atoms with Gasteiger partial charge in [0.05, 0.1) is 11.0 Å². The van der Waals surface area contributed by atoms with Crippen LogP contribution >= 0.6 is 0 Å². The molecule has 290 valence electrons. The highest BCUT2D eigenvalue weighted by Gasteiger charge is 2.17. The molecule has 0 atom stereocenters. The number of nitrogens with zero attached hydrogens (tertiary/aromatic N) is 2. The number of para-hydroxylation sites is 2. The number of fused-ring (bicyclic) bond motifs is 7. The molecule has 12 aromatic rings. The SMILES string of the molecule is c1cc(-c2ccc3ccccc3c2)cc(N(c2ccc(-c3cccc(-n4c5ccccc5c5ccccc54)c3)cc2)c2ccc(-c3cc4ccccc4c4ccccc34)cc2)c1.